The lowest BCUT2D eigenvalue weighted by Crippen LogP contribution is -2.68. The molecular weight excluding hydrogens is 1440 g/mol. The van der Waals surface area contributed by atoms with Gasteiger partial charge in [0.15, 0.2) is 17.1 Å². The molecule has 20 nitrogen and oxygen atoms in total. The summed E-state index contributed by atoms with van der Waals surface area (Å²) in [5, 5.41) is 23.1. The number of aliphatic carboxylic acids is 2. The van der Waals surface area contributed by atoms with Gasteiger partial charge in [-0.25, -0.2) is 27.1 Å². The normalized spacial score (nSPS) is 16.1. The summed E-state index contributed by atoms with van der Waals surface area (Å²) in [6, 6.07) is 65.5. The molecule has 0 unspecified atom stereocenters. The SMILES string of the molecule is CC(=O)N(/C=C/C1=[N+](CCCCCC(=O)O)c2ccc(S(=O)(=O)O)cc2C1(C)C)c1ccccc1.CC1(C)C(C=CC=C2N(c3ccccc3)c3ccc4ccccc4c3C2(C)C)=[N+](CCCCCC(=O)O)c2ccc(S(=O)(=O)[O-])cc21.CC1=[N+](c2ccccc2)c2ccc3ccccc3c2C1(C)C.[O-][Cl+3]([O-])([O-])[O-]. The largest absolute Gasteiger partial charge is 0.744 e. The number of nitrogens with zero attached hydrogens (tertiary/aromatic N) is 5. The number of fused-ring (bicyclic) bond motifs is 8. The Morgan fingerprint density at radius 2 is 0.972 bits per heavy atom. The van der Waals surface area contributed by atoms with E-state index in [-0.39, 0.29) is 39.4 Å². The fourth-order valence-electron chi connectivity index (χ4n) is 15.3. The van der Waals surface area contributed by atoms with E-state index in [0.717, 1.165) is 82.4 Å². The zero-order chi connectivity index (χ0) is 79.2. The standard InChI is InChI=1S/C39H40N2O5S.C26H30N2O6S.C21H20N.ClHO4/c1-38(2)31-26-29(47(44,45)46)22-24-32(31)40(25-12-6-9-20-36(42)43)34(38)18-13-19-35-39(3,4)37-30-17-11-10-14-27(30)21-23-33(37)41(35)28-15-7-5-8-16-28;1-19(29)27(20-10-6-4-7-11-20)17-15-24-26(2,3)22-18-21(35(32,33)34)13-14-23(22)28(24)16-9-5-8-12-25(30)31;1-15-21(2,3)20-18-12-8-7-9-16(18)13-14-19(20)22(15)17-10-5-4-6-11-17;2-1(3,4)5/h5,7-8,10-11,13-19,21-24,26H,6,9,12,20,25H2,1-4H3,(H-,42,43,44,45,46);4,6-7,10-11,13-15,17-18H,5,8-9,12,16H2,1-3H3,(H-,30,31,32,33,34);4-14H,1-3H3;(H,2,3,4,5)/q;;+1;. The number of carboxylic acid groups (broad SMARTS) is 2. The van der Waals surface area contributed by atoms with Crippen molar-refractivity contribution in [1.82, 2.24) is 4.58 Å². The first-order valence-electron chi connectivity index (χ1n) is 35.9. The van der Waals surface area contributed by atoms with Crippen LogP contribution in [0.25, 0.3) is 21.5 Å². The summed E-state index contributed by atoms with van der Waals surface area (Å²) in [5.41, 5.74) is 14.2. The van der Waals surface area contributed by atoms with Crippen molar-refractivity contribution in [2.45, 2.75) is 152 Å². The van der Waals surface area contributed by atoms with E-state index in [4.69, 9.17) is 28.8 Å². The second kappa shape index (κ2) is 33.0. The lowest BCUT2D eigenvalue weighted by molar-refractivity contribution is -2.00. The Bertz CT molecular complexity index is 5390. The van der Waals surface area contributed by atoms with Crippen LogP contribution in [0.3, 0.4) is 0 Å². The molecule has 0 aliphatic carbocycles. The van der Waals surface area contributed by atoms with Crippen LogP contribution in [0.15, 0.2) is 246 Å². The Kier molecular flexibility index (Phi) is 24.6. The first-order chi connectivity index (χ1) is 51.3. The predicted octanol–water partition coefficient (Wildman–Crippen LogP) is 13.5. The predicted molar refractivity (Wildman–Crippen MR) is 416 cm³/mol. The van der Waals surface area contributed by atoms with E-state index in [0.29, 0.717) is 25.9 Å². The molecule has 4 aliphatic rings. The third kappa shape index (κ3) is 18.1. The van der Waals surface area contributed by atoms with Gasteiger partial charge in [-0.1, -0.05) is 129 Å². The van der Waals surface area contributed by atoms with Crippen LogP contribution in [-0.2, 0) is 56.3 Å². The maximum atomic E-state index is 12.4. The topological polar surface area (TPSA) is 311 Å². The average molecular weight is 1530 g/mol. The lowest BCUT2D eigenvalue weighted by atomic mass is 9.80. The van der Waals surface area contributed by atoms with Gasteiger partial charge in [0, 0.05) is 127 Å². The molecule has 568 valence electrons. The number of carboxylic acids is 2. The van der Waals surface area contributed by atoms with Crippen molar-refractivity contribution >= 4 is 117 Å². The van der Waals surface area contributed by atoms with Crippen molar-refractivity contribution < 1.29 is 88.6 Å². The number of unbranched alkanes of at least 4 members (excludes halogenated alkanes) is 4. The highest BCUT2D eigenvalue weighted by Crippen LogP contribution is 2.54. The third-order valence-electron chi connectivity index (χ3n) is 20.8. The molecule has 4 aliphatic heterocycles. The molecule has 0 bridgehead atoms. The van der Waals surface area contributed by atoms with Gasteiger partial charge in [0.05, 0.1) is 31.7 Å². The van der Waals surface area contributed by atoms with Gasteiger partial charge in [-0.3, -0.25) is 23.8 Å². The van der Waals surface area contributed by atoms with Gasteiger partial charge in [0.2, 0.25) is 28.7 Å². The molecule has 0 atom stereocenters. The molecule has 3 N–H and O–H groups in total. The van der Waals surface area contributed by atoms with Crippen LogP contribution < -0.4 is 33.0 Å². The van der Waals surface area contributed by atoms with E-state index < -0.39 is 53.2 Å². The van der Waals surface area contributed by atoms with E-state index >= 15 is 0 Å². The highest BCUT2D eigenvalue weighted by molar-refractivity contribution is 7.86. The maximum absolute atomic E-state index is 12.4. The fraction of sp³-hybridized carbons (Fsp3) is 0.279. The van der Waals surface area contributed by atoms with Gasteiger partial charge in [-0.2, -0.15) is 22.1 Å². The monoisotopic (exact) mass is 1530 g/mol. The van der Waals surface area contributed by atoms with E-state index in [9.17, 15) is 40.3 Å². The number of amides is 1. The van der Waals surface area contributed by atoms with E-state index in [1.54, 1.807) is 23.2 Å². The Morgan fingerprint density at radius 1 is 0.523 bits per heavy atom. The van der Waals surface area contributed by atoms with Gasteiger partial charge < -0.3 is 19.7 Å². The molecule has 4 heterocycles. The average Bonchev–Trinajstić information content (AvgIpc) is 1.58. The number of allylic oxidation sites excluding steroid dienone is 5. The van der Waals surface area contributed by atoms with Crippen LogP contribution in [0.4, 0.5) is 39.8 Å². The van der Waals surface area contributed by atoms with Crippen molar-refractivity contribution in [1.29, 1.82) is 0 Å². The Hall–Kier alpha value is -10.1. The fourth-order valence-corrected chi connectivity index (χ4v) is 16.3. The van der Waals surface area contributed by atoms with Crippen LogP contribution in [0.1, 0.15) is 143 Å². The summed E-state index contributed by atoms with van der Waals surface area (Å²) in [6.45, 7) is 22.2. The minimum atomic E-state index is -4.94. The molecule has 9 aromatic rings. The molecule has 23 heteroatoms. The number of carbonyl (C=O) groups excluding carboxylic acids is 1. The second-order valence-electron chi connectivity index (χ2n) is 29.4. The summed E-state index contributed by atoms with van der Waals surface area (Å²) in [4.78, 5) is 37.7. The van der Waals surface area contributed by atoms with Crippen LogP contribution in [0, 0.1) is 10.2 Å². The lowest BCUT2D eigenvalue weighted by Gasteiger charge is -2.27. The van der Waals surface area contributed by atoms with Gasteiger partial charge in [0.25, 0.3) is 10.1 Å². The highest BCUT2D eigenvalue weighted by atomic mass is 35.7. The summed E-state index contributed by atoms with van der Waals surface area (Å²) in [6.07, 6.45) is 14.3. The molecule has 0 saturated carbocycles. The molecule has 0 radical (unpaired) electrons. The quantitative estimate of drug-likeness (QED) is 0.0342. The van der Waals surface area contributed by atoms with E-state index in [2.05, 4.69) is 187 Å². The summed E-state index contributed by atoms with van der Waals surface area (Å²) < 4.78 is 110. The Morgan fingerprint density at radius 3 is 1.48 bits per heavy atom. The van der Waals surface area contributed by atoms with Crippen LogP contribution in [0.2, 0.25) is 0 Å². The Balaban J connectivity index is 0.000000179. The first-order valence-corrected chi connectivity index (χ1v) is 40.0. The molecule has 13 rings (SSSR count). The van der Waals surface area contributed by atoms with E-state index in [1.165, 1.54) is 80.9 Å². The van der Waals surface area contributed by atoms with E-state index in [1.807, 2.05) is 82.3 Å². The number of hydrogen-bond acceptors (Lipinski definition) is 13. The number of benzene rings is 9. The molecular formula is C86H91ClN5O15S2+. The number of carbonyl (C=O) groups is 3. The summed E-state index contributed by atoms with van der Waals surface area (Å²) in [7, 11) is -13.9. The summed E-state index contributed by atoms with van der Waals surface area (Å²) in [5.74, 6) is -1.78. The molecule has 1 amide bonds. The molecule has 0 spiro atoms. The second-order valence-corrected chi connectivity index (χ2v) is 32.9. The first kappa shape index (κ1) is 81.4. The van der Waals surface area contributed by atoms with Crippen molar-refractivity contribution in [2.24, 2.45) is 0 Å². The zero-order valence-electron chi connectivity index (χ0n) is 62.7. The number of hydrogen-bond donors (Lipinski definition) is 3. The minimum Gasteiger partial charge on any atom is -0.744 e. The highest BCUT2D eigenvalue weighted by Gasteiger charge is 2.48. The van der Waals surface area contributed by atoms with Gasteiger partial charge >= 0.3 is 11.9 Å². The van der Waals surface area contributed by atoms with Crippen LogP contribution >= 0.6 is 0 Å². The number of rotatable bonds is 21. The molecule has 0 aromatic heterocycles. The number of anilines is 3. The molecule has 0 saturated heterocycles. The van der Waals surface area contributed by atoms with Crippen molar-refractivity contribution in [3.05, 3.63) is 259 Å². The van der Waals surface area contributed by atoms with Gasteiger partial charge in [0.1, 0.15) is 23.2 Å². The number of para-hydroxylation sites is 3. The van der Waals surface area contributed by atoms with Crippen LogP contribution in [0.5, 0.6) is 0 Å². The smallest absolute Gasteiger partial charge is 0.303 e. The van der Waals surface area contributed by atoms with Gasteiger partial charge in [-0.15, -0.1) is 10.2 Å². The third-order valence-corrected chi connectivity index (χ3v) is 22.5. The van der Waals surface area contributed by atoms with Gasteiger partial charge in [-0.05, 0) is 161 Å². The van der Waals surface area contributed by atoms with Crippen LogP contribution in [-0.4, -0.2) is 93.4 Å². The summed E-state index contributed by atoms with van der Waals surface area (Å²) >= 11 is 0. The zero-order valence-corrected chi connectivity index (χ0v) is 65.1. The Labute approximate surface area is 639 Å². The maximum Gasteiger partial charge on any atom is 0.303 e. The molecule has 0 fully saturated rings. The van der Waals surface area contributed by atoms with Crippen molar-refractivity contribution in [3.63, 3.8) is 0 Å². The minimum absolute atomic E-state index is 0.0338. The molecule has 9 aromatic carbocycles. The number of halogens is 1. The molecule has 109 heavy (non-hydrogen) atoms. The van der Waals surface area contributed by atoms with Crippen molar-refractivity contribution in [3.8, 4) is 0 Å². The van der Waals surface area contributed by atoms with Crippen molar-refractivity contribution in [2.75, 3.05) is 22.9 Å².